The number of carbonyl (C=O) groups is 1. The summed E-state index contributed by atoms with van der Waals surface area (Å²) in [5.74, 6) is -0.634. The van der Waals surface area contributed by atoms with Crippen LogP contribution in [0.1, 0.15) is 28.8 Å². The topological polar surface area (TPSA) is 73.7 Å². The fraction of sp³-hybridized carbons (Fsp3) is 0.636. The predicted octanol–water partition coefficient (Wildman–Crippen LogP) is 1.04. The highest BCUT2D eigenvalue weighted by Crippen LogP contribution is 2.19. The molecule has 0 amide bonds. The number of aliphatic hydroxyl groups is 1. The first-order valence-corrected chi connectivity index (χ1v) is 6.52. The Balaban J connectivity index is 1.94. The van der Waals surface area contributed by atoms with Gasteiger partial charge in [-0.25, -0.2) is 9.78 Å². The van der Waals surface area contributed by atoms with Gasteiger partial charge in [0.2, 0.25) is 5.01 Å². The number of nitrogens with zero attached hydrogens (tertiary/aromatic N) is 2. The molecule has 2 atom stereocenters. The molecule has 5 nitrogen and oxygen atoms in total. The molecule has 2 heterocycles. The summed E-state index contributed by atoms with van der Waals surface area (Å²) < 4.78 is 0. The lowest BCUT2D eigenvalue weighted by molar-refractivity contribution is 0.0254. The number of hydrogen-bond acceptors (Lipinski definition) is 5. The monoisotopic (exact) mass is 256 g/mol. The highest BCUT2D eigenvalue weighted by molar-refractivity contribution is 7.11. The molecule has 0 radical (unpaired) electrons. The van der Waals surface area contributed by atoms with Crippen molar-refractivity contribution in [3.05, 3.63) is 16.1 Å². The minimum absolute atomic E-state index is 0.130. The van der Waals surface area contributed by atoms with Crippen LogP contribution in [0.3, 0.4) is 0 Å². The van der Waals surface area contributed by atoms with Gasteiger partial charge in [0.15, 0.2) is 0 Å². The van der Waals surface area contributed by atoms with Crippen LogP contribution in [0.4, 0.5) is 0 Å². The van der Waals surface area contributed by atoms with Gasteiger partial charge in [-0.2, -0.15) is 0 Å². The highest BCUT2D eigenvalue weighted by Gasteiger charge is 2.24. The van der Waals surface area contributed by atoms with Gasteiger partial charge in [0.1, 0.15) is 0 Å². The zero-order valence-corrected chi connectivity index (χ0v) is 10.5. The van der Waals surface area contributed by atoms with Crippen molar-refractivity contribution in [2.24, 2.45) is 5.92 Å². The number of hydrogen-bond donors (Lipinski definition) is 2. The number of likely N-dealkylation sites (tertiary alicyclic amines) is 1. The van der Waals surface area contributed by atoms with Crippen LogP contribution in [0, 0.1) is 5.92 Å². The number of rotatable bonds is 3. The molecule has 1 aliphatic rings. The lowest BCUT2D eigenvalue weighted by Crippen LogP contribution is -2.42. The first kappa shape index (κ1) is 12.5. The largest absolute Gasteiger partial charge is 0.476 e. The third-order valence-corrected chi connectivity index (χ3v) is 4.00. The number of aliphatic hydroxyl groups excluding tert-OH is 1. The number of carboxylic acid groups (broad SMARTS) is 1. The molecule has 1 aliphatic heterocycles. The van der Waals surface area contributed by atoms with Crippen LogP contribution in [0.15, 0.2) is 5.38 Å². The highest BCUT2D eigenvalue weighted by atomic mass is 32.1. The minimum atomic E-state index is -0.978. The molecule has 1 aromatic rings. The van der Waals surface area contributed by atoms with Crippen molar-refractivity contribution in [2.75, 3.05) is 13.1 Å². The number of β-amino-alcohol motifs (C(OH)–C–C–N with tert-alkyl or cyclic N) is 1. The second-order valence-electron chi connectivity index (χ2n) is 4.52. The van der Waals surface area contributed by atoms with Crippen LogP contribution in [0.2, 0.25) is 0 Å². The Labute approximate surface area is 104 Å². The van der Waals surface area contributed by atoms with Crippen LogP contribution < -0.4 is 0 Å². The predicted molar refractivity (Wildman–Crippen MR) is 64.1 cm³/mol. The van der Waals surface area contributed by atoms with E-state index >= 15 is 0 Å². The van der Waals surface area contributed by atoms with E-state index in [1.165, 1.54) is 0 Å². The second-order valence-corrected chi connectivity index (χ2v) is 5.38. The molecule has 2 rings (SSSR count). The maximum Gasteiger partial charge on any atom is 0.365 e. The van der Waals surface area contributed by atoms with Gasteiger partial charge in [0, 0.05) is 18.5 Å². The van der Waals surface area contributed by atoms with Gasteiger partial charge in [-0.3, -0.25) is 4.90 Å². The van der Waals surface area contributed by atoms with Crippen molar-refractivity contribution in [1.29, 1.82) is 0 Å². The molecule has 6 heteroatoms. The number of piperidine rings is 1. The maximum absolute atomic E-state index is 10.7. The van der Waals surface area contributed by atoms with Crippen LogP contribution in [-0.4, -0.2) is 45.3 Å². The van der Waals surface area contributed by atoms with Crippen LogP contribution in [0.5, 0.6) is 0 Å². The van der Waals surface area contributed by atoms with E-state index in [-0.39, 0.29) is 11.1 Å². The Bertz CT molecular complexity index is 407. The zero-order chi connectivity index (χ0) is 12.4. The molecule has 2 unspecified atom stereocenters. The van der Waals surface area contributed by atoms with Gasteiger partial charge >= 0.3 is 5.97 Å². The summed E-state index contributed by atoms with van der Waals surface area (Å²) in [6.45, 7) is 4.24. The summed E-state index contributed by atoms with van der Waals surface area (Å²) in [5.41, 5.74) is 0.772. The minimum Gasteiger partial charge on any atom is -0.476 e. The summed E-state index contributed by atoms with van der Waals surface area (Å²) in [6, 6.07) is 0. The van der Waals surface area contributed by atoms with Gasteiger partial charge in [-0.15, -0.1) is 11.3 Å². The number of aromatic carboxylic acids is 1. The van der Waals surface area contributed by atoms with Crippen molar-refractivity contribution < 1.29 is 15.0 Å². The molecular formula is C11H16N2O3S. The van der Waals surface area contributed by atoms with E-state index in [1.807, 2.05) is 6.92 Å². The molecular weight excluding hydrogens is 240 g/mol. The summed E-state index contributed by atoms with van der Waals surface area (Å²) in [7, 11) is 0. The van der Waals surface area contributed by atoms with E-state index in [0.29, 0.717) is 19.0 Å². The van der Waals surface area contributed by atoms with E-state index in [2.05, 4.69) is 9.88 Å². The second kappa shape index (κ2) is 5.12. The van der Waals surface area contributed by atoms with Crippen molar-refractivity contribution in [1.82, 2.24) is 9.88 Å². The fourth-order valence-corrected chi connectivity index (χ4v) is 2.61. The van der Waals surface area contributed by atoms with Gasteiger partial charge < -0.3 is 10.2 Å². The number of carboxylic acids is 1. The van der Waals surface area contributed by atoms with Crippen molar-refractivity contribution in [2.45, 2.75) is 26.0 Å². The maximum atomic E-state index is 10.7. The van der Waals surface area contributed by atoms with Gasteiger partial charge in [-0.05, 0) is 18.9 Å². The molecule has 1 aromatic heterocycles. The van der Waals surface area contributed by atoms with Crippen LogP contribution in [-0.2, 0) is 6.54 Å². The van der Waals surface area contributed by atoms with Gasteiger partial charge in [0.25, 0.3) is 0 Å². The molecule has 0 bridgehead atoms. The third kappa shape index (κ3) is 3.02. The molecule has 0 aromatic carbocycles. The molecule has 1 saturated heterocycles. The number of aromatic nitrogens is 1. The Morgan fingerprint density at radius 2 is 2.47 bits per heavy atom. The lowest BCUT2D eigenvalue weighted by Gasteiger charge is -2.33. The van der Waals surface area contributed by atoms with Crippen molar-refractivity contribution in [3.8, 4) is 0 Å². The van der Waals surface area contributed by atoms with Crippen LogP contribution in [0.25, 0.3) is 0 Å². The summed E-state index contributed by atoms with van der Waals surface area (Å²) in [6.07, 6.45) is 0.679. The Morgan fingerprint density at radius 3 is 3.06 bits per heavy atom. The average molecular weight is 256 g/mol. The summed E-state index contributed by atoms with van der Waals surface area (Å²) in [5, 5.41) is 20.4. The van der Waals surface area contributed by atoms with E-state index in [1.54, 1.807) is 5.38 Å². The molecule has 17 heavy (non-hydrogen) atoms. The van der Waals surface area contributed by atoms with Crippen LogP contribution >= 0.6 is 11.3 Å². The Morgan fingerprint density at radius 1 is 1.71 bits per heavy atom. The lowest BCUT2D eigenvalue weighted by atomic mass is 9.96. The molecule has 1 fully saturated rings. The summed E-state index contributed by atoms with van der Waals surface area (Å²) >= 11 is 1.15. The smallest absolute Gasteiger partial charge is 0.365 e. The van der Waals surface area contributed by atoms with E-state index in [4.69, 9.17) is 5.11 Å². The molecule has 2 N–H and O–H groups in total. The third-order valence-electron chi connectivity index (χ3n) is 3.12. The van der Waals surface area contributed by atoms with Crippen molar-refractivity contribution in [3.63, 3.8) is 0 Å². The first-order valence-electron chi connectivity index (χ1n) is 5.64. The Kier molecular flexibility index (Phi) is 3.76. The van der Waals surface area contributed by atoms with E-state index in [9.17, 15) is 9.90 Å². The molecule has 0 spiro atoms. The zero-order valence-electron chi connectivity index (χ0n) is 9.67. The molecule has 0 aliphatic carbocycles. The van der Waals surface area contributed by atoms with E-state index < -0.39 is 5.97 Å². The normalized spacial score (nSPS) is 26.0. The SMILES string of the molecule is CC1CCN(Cc2csc(C(=O)O)n2)CC1O. The van der Waals surface area contributed by atoms with Gasteiger partial charge in [0.05, 0.1) is 11.8 Å². The molecule has 94 valence electrons. The first-order chi connectivity index (χ1) is 8.06. The van der Waals surface area contributed by atoms with E-state index in [0.717, 1.165) is 30.0 Å². The molecule has 0 saturated carbocycles. The summed E-state index contributed by atoms with van der Waals surface area (Å²) in [4.78, 5) is 16.9. The van der Waals surface area contributed by atoms with Crippen molar-refractivity contribution >= 4 is 17.3 Å². The number of thiazole rings is 1. The average Bonchev–Trinajstić information content (AvgIpc) is 2.72. The standard InChI is InChI=1S/C11H16N2O3S/c1-7-2-3-13(5-9(7)14)4-8-6-17-10(12-8)11(15)16/h6-7,9,14H,2-5H2,1H3,(H,15,16). The fourth-order valence-electron chi connectivity index (χ4n) is 1.96. The van der Waals surface area contributed by atoms with Gasteiger partial charge in [-0.1, -0.05) is 6.92 Å². The quantitative estimate of drug-likeness (QED) is 0.845. The Hall–Kier alpha value is -0.980.